The highest BCUT2D eigenvalue weighted by molar-refractivity contribution is 5.93. The standard InChI is InChI=1S/C20H21FN2O3/c21-17-4-2-1-3-15(17)12-23-9-7-14(8-10-23)20(24)22-16-5-6-18-19(11-16)26-13-25-18/h1-6,11,14H,7-10,12-13H2,(H,22,24). The number of anilines is 1. The molecule has 2 aliphatic rings. The summed E-state index contributed by atoms with van der Waals surface area (Å²) >= 11 is 0. The van der Waals surface area contributed by atoms with E-state index in [2.05, 4.69) is 10.2 Å². The zero-order chi connectivity index (χ0) is 17.9. The van der Waals surface area contributed by atoms with Crippen molar-refractivity contribution in [3.63, 3.8) is 0 Å². The first-order valence-electron chi connectivity index (χ1n) is 8.85. The van der Waals surface area contributed by atoms with Crippen LogP contribution in [-0.2, 0) is 11.3 Å². The Morgan fingerprint density at radius 3 is 2.69 bits per heavy atom. The Morgan fingerprint density at radius 1 is 1.12 bits per heavy atom. The molecule has 1 N–H and O–H groups in total. The predicted molar refractivity (Wildman–Crippen MR) is 95.6 cm³/mol. The van der Waals surface area contributed by atoms with Gasteiger partial charge in [0.25, 0.3) is 0 Å². The van der Waals surface area contributed by atoms with Crippen molar-refractivity contribution < 1.29 is 18.7 Å². The predicted octanol–water partition coefficient (Wildman–Crippen LogP) is 3.41. The van der Waals surface area contributed by atoms with Crippen LogP contribution in [-0.4, -0.2) is 30.7 Å². The molecule has 2 aromatic carbocycles. The van der Waals surface area contributed by atoms with E-state index in [0.29, 0.717) is 29.3 Å². The second kappa shape index (κ2) is 7.33. The van der Waals surface area contributed by atoms with Gasteiger partial charge in [-0.15, -0.1) is 0 Å². The van der Waals surface area contributed by atoms with Crippen LogP contribution in [0.25, 0.3) is 0 Å². The van der Waals surface area contributed by atoms with Gasteiger partial charge in [-0.05, 0) is 44.1 Å². The van der Waals surface area contributed by atoms with E-state index in [9.17, 15) is 9.18 Å². The van der Waals surface area contributed by atoms with Crippen molar-refractivity contribution in [3.05, 3.63) is 53.8 Å². The van der Waals surface area contributed by atoms with Crippen LogP contribution in [0.15, 0.2) is 42.5 Å². The largest absolute Gasteiger partial charge is 0.454 e. The molecular formula is C20H21FN2O3. The SMILES string of the molecule is O=C(Nc1ccc2c(c1)OCO2)C1CCN(Cc2ccccc2F)CC1. The van der Waals surface area contributed by atoms with Crippen molar-refractivity contribution in [3.8, 4) is 11.5 Å². The van der Waals surface area contributed by atoms with Crippen molar-refractivity contribution in [1.82, 2.24) is 4.90 Å². The highest BCUT2D eigenvalue weighted by atomic mass is 19.1. The number of halogens is 1. The van der Waals surface area contributed by atoms with Crippen molar-refractivity contribution in [1.29, 1.82) is 0 Å². The first-order valence-corrected chi connectivity index (χ1v) is 8.85. The molecule has 0 saturated carbocycles. The average Bonchev–Trinajstić information content (AvgIpc) is 3.12. The van der Waals surface area contributed by atoms with Crippen LogP contribution < -0.4 is 14.8 Å². The van der Waals surface area contributed by atoms with Crippen LogP contribution in [0.1, 0.15) is 18.4 Å². The molecule has 0 bridgehead atoms. The van der Waals surface area contributed by atoms with E-state index >= 15 is 0 Å². The van der Waals surface area contributed by atoms with Gasteiger partial charge in [0.2, 0.25) is 12.7 Å². The number of ether oxygens (including phenoxy) is 2. The molecule has 0 atom stereocenters. The molecular weight excluding hydrogens is 335 g/mol. The van der Waals surface area contributed by atoms with Gasteiger partial charge in [0.15, 0.2) is 11.5 Å². The number of likely N-dealkylation sites (tertiary alicyclic amines) is 1. The first-order chi connectivity index (χ1) is 12.7. The van der Waals surface area contributed by atoms with Gasteiger partial charge in [0, 0.05) is 29.8 Å². The molecule has 0 radical (unpaired) electrons. The molecule has 1 fully saturated rings. The Morgan fingerprint density at radius 2 is 1.88 bits per heavy atom. The van der Waals surface area contributed by atoms with Crippen LogP contribution >= 0.6 is 0 Å². The van der Waals surface area contributed by atoms with Gasteiger partial charge in [0.1, 0.15) is 5.82 Å². The van der Waals surface area contributed by atoms with Gasteiger partial charge in [-0.1, -0.05) is 18.2 Å². The topological polar surface area (TPSA) is 50.8 Å². The van der Waals surface area contributed by atoms with Crippen molar-refractivity contribution in [2.45, 2.75) is 19.4 Å². The fourth-order valence-corrected chi connectivity index (χ4v) is 3.44. The van der Waals surface area contributed by atoms with Crippen molar-refractivity contribution in [2.24, 2.45) is 5.92 Å². The third kappa shape index (κ3) is 3.65. The minimum absolute atomic E-state index is 0.0226. The highest BCUT2D eigenvalue weighted by Gasteiger charge is 2.26. The lowest BCUT2D eigenvalue weighted by Gasteiger charge is -2.31. The molecule has 6 heteroatoms. The number of piperidine rings is 1. The van der Waals surface area contributed by atoms with Crippen molar-refractivity contribution in [2.75, 3.05) is 25.2 Å². The summed E-state index contributed by atoms with van der Waals surface area (Å²) in [6.07, 6.45) is 1.54. The van der Waals surface area contributed by atoms with E-state index in [1.807, 2.05) is 18.2 Å². The molecule has 1 amide bonds. The Hall–Kier alpha value is -2.60. The molecule has 0 aliphatic carbocycles. The highest BCUT2D eigenvalue weighted by Crippen LogP contribution is 2.34. The van der Waals surface area contributed by atoms with E-state index in [1.165, 1.54) is 6.07 Å². The van der Waals surface area contributed by atoms with Crippen LogP contribution in [0.2, 0.25) is 0 Å². The lowest BCUT2D eigenvalue weighted by Crippen LogP contribution is -2.37. The monoisotopic (exact) mass is 356 g/mol. The second-order valence-corrected chi connectivity index (χ2v) is 6.70. The summed E-state index contributed by atoms with van der Waals surface area (Å²) in [4.78, 5) is 14.7. The molecule has 2 heterocycles. The number of nitrogens with zero attached hydrogens (tertiary/aromatic N) is 1. The summed E-state index contributed by atoms with van der Waals surface area (Å²) in [6.45, 7) is 2.37. The molecule has 0 unspecified atom stereocenters. The van der Waals surface area contributed by atoms with Crippen LogP contribution in [0.5, 0.6) is 11.5 Å². The normalized spacial score (nSPS) is 17.3. The summed E-state index contributed by atoms with van der Waals surface area (Å²) in [5.74, 6) is 1.17. The number of carbonyl (C=O) groups is 1. The lowest BCUT2D eigenvalue weighted by atomic mass is 9.95. The molecule has 1 saturated heterocycles. The molecule has 0 spiro atoms. The number of hydrogen-bond donors (Lipinski definition) is 1. The Bertz CT molecular complexity index is 803. The maximum Gasteiger partial charge on any atom is 0.231 e. The number of benzene rings is 2. The third-order valence-electron chi connectivity index (χ3n) is 4.95. The molecule has 136 valence electrons. The Labute approximate surface area is 151 Å². The van der Waals surface area contributed by atoms with E-state index < -0.39 is 0 Å². The zero-order valence-electron chi connectivity index (χ0n) is 14.4. The molecule has 2 aromatic rings. The first kappa shape index (κ1) is 16.8. The third-order valence-corrected chi connectivity index (χ3v) is 4.95. The van der Waals surface area contributed by atoms with Gasteiger partial charge in [-0.25, -0.2) is 4.39 Å². The number of carbonyl (C=O) groups excluding carboxylic acids is 1. The fourth-order valence-electron chi connectivity index (χ4n) is 3.44. The van der Waals surface area contributed by atoms with Gasteiger partial charge < -0.3 is 14.8 Å². The van der Waals surface area contributed by atoms with Gasteiger partial charge in [0.05, 0.1) is 0 Å². The van der Waals surface area contributed by atoms with E-state index in [-0.39, 0.29) is 24.4 Å². The van der Waals surface area contributed by atoms with Gasteiger partial charge in [-0.3, -0.25) is 9.69 Å². The maximum atomic E-state index is 13.8. The quantitative estimate of drug-likeness (QED) is 0.912. The Kier molecular flexibility index (Phi) is 4.75. The fraction of sp³-hybridized carbons (Fsp3) is 0.350. The van der Waals surface area contributed by atoms with E-state index in [4.69, 9.17) is 9.47 Å². The number of amides is 1. The van der Waals surface area contributed by atoms with Crippen LogP contribution in [0, 0.1) is 11.7 Å². The van der Waals surface area contributed by atoms with E-state index in [1.54, 1.807) is 18.2 Å². The summed E-state index contributed by atoms with van der Waals surface area (Å²) in [7, 11) is 0. The van der Waals surface area contributed by atoms with Crippen LogP contribution in [0.4, 0.5) is 10.1 Å². The summed E-state index contributed by atoms with van der Waals surface area (Å²) in [5, 5.41) is 2.96. The van der Waals surface area contributed by atoms with Crippen molar-refractivity contribution >= 4 is 11.6 Å². The lowest BCUT2D eigenvalue weighted by molar-refractivity contribution is -0.121. The van der Waals surface area contributed by atoms with E-state index in [0.717, 1.165) is 25.9 Å². The minimum Gasteiger partial charge on any atom is -0.454 e. The smallest absolute Gasteiger partial charge is 0.231 e. The maximum absolute atomic E-state index is 13.8. The van der Waals surface area contributed by atoms with Crippen LogP contribution in [0.3, 0.4) is 0 Å². The number of hydrogen-bond acceptors (Lipinski definition) is 4. The molecule has 4 rings (SSSR count). The van der Waals surface area contributed by atoms with Gasteiger partial charge in [-0.2, -0.15) is 0 Å². The summed E-state index contributed by atoms with van der Waals surface area (Å²) in [5.41, 5.74) is 1.42. The summed E-state index contributed by atoms with van der Waals surface area (Å²) < 4.78 is 24.4. The molecule has 0 aromatic heterocycles. The zero-order valence-corrected chi connectivity index (χ0v) is 14.4. The molecule has 2 aliphatic heterocycles. The molecule has 26 heavy (non-hydrogen) atoms. The summed E-state index contributed by atoms with van der Waals surface area (Å²) in [6, 6.07) is 12.3. The number of rotatable bonds is 4. The molecule has 5 nitrogen and oxygen atoms in total. The second-order valence-electron chi connectivity index (χ2n) is 6.70. The van der Waals surface area contributed by atoms with Gasteiger partial charge >= 0.3 is 0 Å². The number of nitrogens with one attached hydrogen (secondary N) is 1. The Balaban J connectivity index is 1.30. The average molecular weight is 356 g/mol. The number of fused-ring (bicyclic) bond motifs is 1. The minimum atomic E-state index is -0.171.